The summed E-state index contributed by atoms with van der Waals surface area (Å²) in [6.45, 7) is 1.79. The summed E-state index contributed by atoms with van der Waals surface area (Å²) in [5, 5.41) is 4.07. The number of urea groups is 1. The fourth-order valence-electron chi connectivity index (χ4n) is 4.16. The number of benzene rings is 2. The van der Waals surface area contributed by atoms with Gasteiger partial charge in [0.05, 0.1) is 39.3 Å². The fourth-order valence-corrected chi connectivity index (χ4v) is 6.23. The number of halogens is 5. The maximum absolute atomic E-state index is 14.5. The number of anilines is 3. The molecule has 182 valence electrons. The van der Waals surface area contributed by atoms with Crippen LogP contribution >= 0.6 is 57.6 Å². The number of nitrogens with one attached hydrogen (secondary N) is 1. The number of amides is 2. The highest BCUT2D eigenvalue weighted by Gasteiger charge is 2.32. The van der Waals surface area contributed by atoms with Crippen LogP contribution in [0, 0.1) is 11.6 Å². The molecule has 11 heteroatoms. The number of piperidine rings is 1. The number of nitrogens with zero attached hydrogens (tertiary/aromatic N) is 3. The molecule has 0 saturated carbocycles. The minimum atomic E-state index is -0.649. The van der Waals surface area contributed by atoms with Gasteiger partial charge in [0.2, 0.25) is 0 Å². The van der Waals surface area contributed by atoms with Crippen LogP contribution in [0.3, 0.4) is 0 Å². The largest absolute Gasteiger partial charge is 0.369 e. The molecular weight excluding hydrogens is 628 g/mol. The van der Waals surface area contributed by atoms with Gasteiger partial charge in [0.15, 0.2) is 0 Å². The Morgan fingerprint density at radius 1 is 1.06 bits per heavy atom. The van der Waals surface area contributed by atoms with Crippen LogP contribution in [0.5, 0.6) is 0 Å². The van der Waals surface area contributed by atoms with Gasteiger partial charge in [-0.3, -0.25) is 4.90 Å². The number of hydrogen-bond acceptors (Lipinski definition) is 4. The van der Waals surface area contributed by atoms with Gasteiger partial charge in [0.25, 0.3) is 0 Å². The Labute approximate surface area is 229 Å². The van der Waals surface area contributed by atoms with Crippen molar-refractivity contribution in [2.75, 3.05) is 22.9 Å². The molecule has 35 heavy (non-hydrogen) atoms. The first-order valence-corrected chi connectivity index (χ1v) is 13.7. The molecule has 0 unspecified atom stereocenters. The number of aromatic nitrogens is 1. The molecule has 1 saturated heterocycles. The lowest BCUT2D eigenvalue weighted by molar-refractivity contribution is 0.246. The third kappa shape index (κ3) is 5.05. The highest BCUT2D eigenvalue weighted by molar-refractivity contribution is 14.1. The molecule has 1 fully saturated rings. The number of alkyl halides is 1. The first-order valence-electron chi connectivity index (χ1n) is 10.9. The van der Waals surface area contributed by atoms with E-state index >= 15 is 0 Å². The predicted octanol–water partition coefficient (Wildman–Crippen LogP) is 7.58. The second-order valence-electron chi connectivity index (χ2n) is 8.18. The van der Waals surface area contributed by atoms with Crippen LogP contribution in [-0.4, -0.2) is 28.0 Å². The van der Waals surface area contributed by atoms with Crippen molar-refractivity contribution in [1.82, 2.24) is 10.3 Å². The van der Waals surface area contributed by atoms with Crippen molar-refractivity contribution in [2.45, 2.75) is 33.2 Å². The number of para-hydroxylation sites is 1. The molecular formula is C24H19Cl2F2IN4OS. The van der Waals surface area contributed by atoms with Crippen molar-refractivity contribution in [1.29, 1.82) is 0 Å². The van der Waals surface area contributed by atoms with Crippen LogP contribution < -0.4 is 15.1 Å². The summed E-state index contributed by atoms with van der Waals surface area (Å²) < 4.78 is 28.6. The predicted molar refractivity (Wildman–Crippen MR) is 145 cm³/mol. The molecule has 0 bridgehead atoms. The third-order valence-corrected chi connectivity index (χ3v) is 8.80. The van der Waals surface area contributed by atoms with Crippen molar-refractivity contribution >= 4 is 80.6 Å². The van der Waals surface area contributed by atoms with Crippen molar-refractivity contribution in [2.24, 2.45) is 0 Å². The summed E-state index contributed by atoms with van der Waals surface area (Å²) in [6, 6.07) is 10.1. The normalized spacial score (nSPS) is 16.3. The van der Waals surface area contributed by atoms with Gasteiger partial charge in [-0.15, -0.1) is 0 Å². The zero-order chi connectivity index (χ0) is 24.7. The van der Waals surface area contributed by atoms with Gasteiger partial charge in [-0.1, -0.05) is 63.6 Å². The number of hydrogen-bond donors (Lipinski definition) is 1. The molecule has 5 nitrogen and oxygen atoms in total. The maximum Gasteiger partial charge on any atom is 0.326 e. The van der Waals surface area contributed by atoms with Gasteiger partial charge in [-0.25, -0.2) is 18.6 Å². The summed E-state index contributed by atoms with van der Waals surface area (Å²) in [6.07, 6.45) is 1.99. The Kier molecular flexibility index (Phi) is 7.30. The zero-order valence-electron chi connectivity index (χ0n) is 18.2. The standard InChI is InChI=1S/C24H19Cl2F2IN4OS/c25-15-2-1-3-16(26)22(15)33-19-11-20(32-8-6-14(29)7-9-32)23(31-18(19)12-30-24(33)34)35-21-5-4-13(27)10-17(21)28/h1-5,10-11,14H,6-9,12H2,(H,30,34). The molecule has 3 aromatic rings. The summed E-state index contributed by atoms with van der Waals surface area (Å²) in [5.41, 5.74) is 2.32. The van der Waals surface area contributed by atoms with Crippen LogP contribution in [0.25, 0.3) is 0 Å². The van der Waals surface area contributed by atoms with E-state index in [1.54, 1.807) is 18.2 Å². The molecule has 2 aromatic carbocycles. The SMILES string of the molecule is O=C1NCc2nc(Sc3ccc(F)cc3F)c(N3CCC(I)CC3)cc2N1c1c(Cl)cccc1Cl. The van der Waals surface area contributed by atoms with E-state index in [1.165, 1.54) is 17.0 Å². The smallest absolute Gasteiger partial charge is 0.326 e. The van der Waals surface area contributed by atoms with Gasteiger partial charge < -0.3 is 10.2 Å². The molecule has 0 spiro atoms. The second kappa shape index (κ2) is 10.3. The molecule has 5 rings (SSSR count). The quantitative estimate of drug-likeness (QED) is 0.235. The average Bonchev–Trinajstić information content (AvgIpc) is 2.82. The van der Waals surface area contributed by atoms with Gasteiger partial charge >= 0.3 is 6.03 Å². The molecule has 2 aliphatic heterocycles. The van der Waals surface area contributed by atoms with Crippen LogP contribution in [0.4, 0.5) is 30.6 Å². The monoisotopic (exact) mass is 646 g/mol. The van der Waals surface area contributed by atoms with Crippen LogP contribution in [0.15, 0.2) is 52.4 Å². The highest BCUT2D eigenvalue weighted by Crippen LogP contribution is 2.45. The van der Waals surface area contributed by atoms with Crippen LogP contribution in [0.1, 0.15) is 18.5 Å². The number of carbonyl (C=O) groups excluding carboxylic acids is 1. The summed E-state index contributed by atoms with van der Waals surface area (Å²) in [5.74, 6) is -1.28. The molecule has 0 aliphatic carbocycles. The van der Waals surface area contributed by atoms with Crippen LogP contribution in [0.2, 0.25) is 10.0 Å². The highest BCUT2D eigenvalue weighted by atomic mass is 127. The first kappa shape index (κ1) is 24.9. The molecule has 0 atom stereocenters. The Balaban J connectivity index is 1.64. The van der Waals surface area contributed by atoms with E-state index in [0.29, 0.717) is 36.1 Å². The minimum absolute atomic E-state index is 0.197. The van der Waals surface area contributed by atoms with E-state index in [4.69, 9.17) is 28.2 Å². The number of carbonyl (C=O) groups is 1. The summed E-state index contributed by atoms with van der Waals surface area (Å²) in [7, 11) is 0. The van der Waals surface area contributed by atoms with E-state index < -0.39 is 11.6 Å². The van der Waals surface area contributed by atoms with Crippen molar-refractivity contribution in [3.8, 4) is 0 Å². The van der Waals surface area contributed by atoms with Gasteiger partial charge in [-0.2, -0.15) is 0 Å². The molecule has 1 N–H and O–H groups in total. The zero-order valence-corrected chi connectivity index (χ0v) is 22.7. The van der Waals surface area contributed by atoms with Gasteiger partial charge in [-0.05, 0) is 43.2 Å². The topological polar surface area (TPSA) is 48.5 Å². The number of fused-ring (bicyclic) bond motifs is 1. The Morgan fingerprint density at radius 2 is 1.77 bits per heavy atom. The van der Waals surface area contributed by atoms with Crippen LogP contribution in [-0.2, 0) is 6.54 Å². The summed E-state index contributed by atoms with van der Waals surface area (Å²) in [4.78, 5) is 21.8. The molecule has 0 radical (unpaired) electrons. The summed E-state index contributed by atoms with van der Waals surface area (Å²) >= 11 is 16.5. The van der Waals surface area contributed by atoms with Crippen molar-refractivity contribution < 1.29 is 13.6 Å². The lowest BCUT2D eigenvalue weighted by Crippen LogP contribution is -2.42. The average molecular weight is 647 g/mol. The van der Waals surface area contributed by atoms with E-state index in [9.17, 15) is 13.6 Å². The Hall–Kier alpha value is -1.82. The van der Waals surface area contributed by atoms with E-state index in [-0.39, 0.29) is 17.5 Å². The molecule has 1 aromatic heterocycles. The minimum Gasteiger partial charge on any atom is -0.369 e. The first-order chi connectivity index (χ1) is 16.8. The lowest BCUT2D eigenvalue weighted by Gasteiger charge is -2.35. The maximum atomic E-state index is 14.5. The van der Waals surface area contributed by atoms with Gasteiger partial charge in [0, 0.05) is 28.0 Å². The lowest BCUT2D eigenvalue weighted by atomic mass is 10.1. The molecule has 2 aliphatic rings. The fraction of sp³-hybridized carbons (Fsp3) is 0.250. The Bertz CT molecular complexity index is 1290. The molecule has 3 heterocycles. The Morgan fingerprint density at radius 3 is 2.46 bits per heavy atom. The van der Waals surface area contributed by atoms with E-state index in [2.05, 4.69) is 32.8 Å². The van der Waals surface area contributed by atoms with E-state index in [0.717, 1.165) is 49.4 Å². The van der Waals surface area contributed by atoms with E-state index in [1.807, 2.05) is 6.07 Å². The number of pyridine rings is 1. The second-order valence-corrected chi connectivity index (χ2v) is 11.8. The van der Waals surface area contributed by atoms with Crippen molar-refractivity contribution in [3.63, 3.8) is 0 Å². The third-order valence-electron chi connectivity index (χ3n) is 5.90. The van der Waals surface area contributed by atoms with Crippen molar-refractivity contribution in [3.05, 3.63) is 69.8 Å². The molecule has 2 amide bonds. The number of rotatable bonds is 4. The van der Waals surface area contributed by atoms with Gasteiger partial charge in [0.1, 0.15) is 16.7 Å².